The van der Waals surface area contributed by atoms with E-state index in [9.17, 15) is 29.1 Å². The maximum Gasteiger partial charge on any atom is 0.326 e. The maximum atomic E-state index is 13.3. The highest BCUT2D eigenvalue weighted by atomic mass is 16.4. The molecular weight excluding hydrogens is 540 g/mol. The summed E-state index contributed by atoms with van der Waals surface area (Å²) in [5.74, 6) is -4.38. The number of carbonyl (C=O) groups excluding carboxylic acids is 4. The molecule has 3 aromatic rings. The quantitative estimate of drug-likeness (QED) is 0.137. The van der Waals surface area contributed by atoms with Crippen molar-refractivity contribution in [2.45, 2.75) is 63.7 Å². The van der Waals surface area contributed by atoms with Gasteiger partial charge in [0.15, 0.2) is 0 Å². The molecule has 4 unspecified atom stereocenters. The zero-order chi connectivity index (χ0) is 30.8. The van der Waals surface area contributed by atoms with E-state index in [-0.39, 0.29) is 25.2 Å². The molecule has 2 aromatic carbocycles. The molecule has 0 bridgehead atoms. The summed E-state index contributed by atoms with van der Waals surface area (Å²) in [6, 6.07) is 11.5. The Kier molecular flexibility index (Phi) is 11.2. The number of para-hydroxylation sites is 1. The molecular formula is C30H38N6O6. The number of amides is 4. The van der Waals surface area contributed by atoms with Gasteiger partial charge < -0.3 is 37.5 Å². The molecule has 3 rings (SSSR count). The summed E-state index contributed by atoms with van der Waals surface area (Å²) >= 11 is 0. The molecule has 1 aromatic heterocycles. The van der Waals surface area contributed by atoms with Crippen molar-refractivity contribution in [1.82, 2.24) is 20.9 Å². The van der Waals surface area contributed by atoms with Crippen molar-refractivity contribution in [3.63, 3.8) is 0 Å². The predicted octanol–water partition coefficient (Wildman–Crippen LogP) is 0.741. The summed E-state index contributed by atoms with van der Waals surface area (Å²) in [6.45, 7) is 3.71. The highest BCUT2D eigenvalue weighted by Gasteiger charge is 2.32. The Balaban J connectivity index is 1.70. The lowest BCUT2D eigenvalue weighted by Crippen LogP contribution is -2.58. The second-order valence-corrected chi connectivity index (χ2v) is 10.7. The zero-order valence-corrected chi connectivity index (χ0v) is 23.6. The minimum absolute atomic E-state index is 0.0144. The fourth-order valence-electron chi connectivity index (χ4n) is 4.62. The van der Waals surface area contributed by atoms with Crippen LogP contribution in [0, 0.1) is 5.92 Å². The van der Waals surface area contributed by atoms with E-state index in [1.165, 1.54) is 0 Å². The molecule has 4 atom stereocenters. The molecule has 12 nitrogen and oxygen atoms in total. The standard InChI is InChI=1S/C30H38N6O6/c1-17(2)12-23(34-27(38)21(31)14-19-16-33-22-11-7-6-10-20(19)22)28(39)35-24(15-26(32)37)29(40)36-25(30(41)42)13-18-8-4-3-5-9-18/h3-11,16-17,21,23-25,33H,12-15,31H2,1-2H3,(H2,32,37)(H,34,38)(H,35,39)(H,36,40)(H,41,42). The van der Waals surface area contributed by atoms with Gasteiger partial charge in [-0.25, -0.2) is 4.79 Å². The van der Waals surface area contributed by atoms with E-state index in [2.05, 4.69) is 20.9 Å². The van der Waals surface area contributed by atoms with Crippen LogP contribution in [0.25, 0.3) is 10.9 Å². The first-order chi connectivity index (χ1) is 19.9. The lowest BCUT2D eigenvalue weighted by Gasteiger charge is -2.25. The smallest absolute Gasteiger partial charge is 0.326 e. The Morgan fingerprint density at radius 2 is 1.40 bits per heavy atom. The van der Waals surface area contributed by atoms with Crippen LogP contribution in [0.4, 0.5) is 0 Å². The number of rotatable bonds is 15. The molecule has 0 radical (unpaired) electrons. The molecule has 9 N–H and O–H groups in total. The summed E-state index contributed by atoms with van der Waals surface area (Å²) in [7, 11) is 0. The largest absolute Gasteiger partial charge is 0.480 e. The normalized spacial score (nSPS) is 14.0. The highest BCUT2D eigenvalue weighted by Crippen LogP contribution is 2.19. The molecule has 0 aliphatic heterocycles. The number of benzene rings is 2. The summed E-state index contributed by atoms with van der Waals surface area (Å²) in [4.78, 5) is 66.2. The van der Waals surface area contributed by atoms with Crippen molar-refractivity contribution in [1.29, 1.82) is 0 Å². The van der Waals surface area contributed by atoms with Crippen molar-refractivity contribution in [2.24, 2.45) is 17.4 Å². The minimum Gasteiger partial charge on any atom is -0.480 e. The van der Waals surface area contributed by atoms with Crippen molar-refractivity contribution in [3.8, 4) is 0 Å². The molecule has 0 saturated carbocycles. The number of carboxylic acid groups (broad SMARTS) is 1. The Labute approximate surface area is 243 Å². The lowest BCUT2D eigenvalue weighted by atomic mass is 10.0. The van der Waals surface area contributed by atoms with Gasteiger partial charge in [0.2, 0.25) is 23.6 Å². The average molecular weight is 579 g/mol. The molecule has 1 heterocycles. The number of hydrogen-bond acceptors (Lipinski definition) is 6. The lowest BCUT2D eigenvalue weighted by molar-refractivity contribution is -0.142. The van der Waals surface area contributed by atoms with E-state index in [1.54, 1.807) is 36.5 Å². The average Bonchev–Trinajstić information content (AvgIpc) is 3.34. The van der Waals surface area contributed by atoms with Crippen LogP contribution in [0.1, 0.15) is 37.8 Å². The summed E-state index contributed by atoms with van der Waals surface area (Å²) in [6.07, 6.45) is 1.63. The third-order valence-electron chi connectivity index (χ3n) is 6.73. The van der Waals surface area contributed by atoms with Gasteiger partial charge in [0.05, 0.1) is 12.5 Å². The van der Waals surface area contributed by atoms with Gasteiger partial charge in [0.25, 0.3) is 0 Å². The van der Waals surface area contributed by atoms with E-state index < -0.39 is 60.2 Å². The molecule has 12 heteroatoms. The van der Waals surface area contributed by atoms with Gasteiger partial charge >= 0.3 is 5.97 Å². The van der Waals surface area contributed by atoms with Crippen molar-refractivity contribution in [2.75, 3.05) is 0 Å². The van der Waals surface area contributed by atoms with Gasteiger partial charge in [-0.1, -0.05) is 62.4 Å². The molecule has 0 aliphatic carbocycles. The Bertz CT molecular complexity index is 1410. The van der Waals surface area contributed by atoms with E-state index >= 15 is 0 Å². The van der Waals surface area contributed by atoms with Gasteiger partial charge in [0.1, 0.15) is 18.1 Å². The number of primary amides is 1. The third kappa shape index (κ3) is 9.16. The number of H-pyrrole nitrogens is 1. The fraction of sp³-hybridized carbons (Fsp3) is 0.367. The van der Waals surface area contributed by atoms with Crippen LogP contribution < -0.4 is 27.4 Å². The number of fused-ring (bicyclic) bond motifs is 1. The minimum atomic E-state index is -1.46. The first-order valence-corrected chi connectivity index (χ1v) is 13.7. The number of carbonyl (C=O) groups is 5. The molecule has 0 fully saturated rings. The maximum absolute atomic E-state index is 13.3. The van der Waals surface area contributed by atoms with Crippen LogP contribution in [0.5, 0.6) is 0 Å². The van der Waals surface area contributed by atoms with Crippen LogP contribution in [0.15, 0.2) is 60.8 Å². The Morgan fingerprint density at radius 3 is 2.05 bits per heavy atom. The molecule has 224 valence electrons. The predicted molar refractivity (Wildman–Crippen MR) is 157 cm³/mol. The van der Waals surface area contributed by atoms with Crippen LogP contribution in [-0.4, -0.2) is 63.9 Å². The molecule has 4 amide bonds. The molecule has 42 heavy (non-hydrogen) atoms. The second kappa shape index (κ2) is 14.8. The summed E-state index contributed by atoms with van der Waals surface area (Å²) in [5, 5.41) is 18.1. The van der Waals surface area contributed by atoms with E-state index in [0.717, 1.165) is 16.5 Å². The first kappa shape index (κ1) is 31.8. The number of hydrogen-bond donors (Lipinski definition) is 7. The number of nitrogens with one attached hydrogen (secondary N) is 4. The first-order valence-electron chi connectivity index (χ1n) is 13.7. The molecule has 0 aliphatic rings. The SMILES string of the molecule is CC(C)CC(NC(=O)C(N)Cc1c[nH]c2ccccc12)C(=O)NC(CC(N)=O)C(=O)NC(Cc1ccccc1)C(=O)O. The van der Waals surface area contributed by atoms with Crippen LogP contribution in [0.2, 0.25) is 0 Å². The Hall–Kier alpha value is -4.71. The number of aliphatic carboxylic acids is 1. The van der Waals surface area contributed by atoms with Gasteiger partial charge in [-0.3, -0.25) is 19.2 Å². The third-order valence-corrected chi connectivity index (χ3v) is 6.73. The topological polar surface area (TPSA) is 209 Å². The zero-order valence-electron chi connectivity index (χ0n) is 23.6. The summed E-state index contributed by atoms with van der Waals surface area (Å²) in [5.41, 5.74) is 14.0. The number of nitrogens with two attached hydrogens (primary N) is 2. The van der Waals surface area contributed by atoms with Gasteiger partial charge in [-0.15, -0.1) is 0 Å². The van der Waals surface area contributed by atoms with E-state index in [0.29, 0.717) is 5.56 Å². The second-order valence-electron chi connectivity index (χ2n) is 10.7. The van der Waals surface area contributed by atoms with Crippen LogP contribution in [-0.2, 0) is 36.8 Å². The van der Waals surface area contributed by atoms with Crippen LogP contribution in [0.3, 0.4) is 0 Å². The number of aromatic amines is 1. The van der Waals surface area contributed by atoms with Crippen molar-refractivity contribution >= 4 is 40.5 Å². The van der Waals surface area contributed by atoms with Gasteiger partial charge in [-0.2, -0.15) is 0 Å². The number of carboxylic acids is 1. The Morgan fingerprint density at radius 1 is 0.810 bits per heavy atom. The van der Waals surface area contributed by atoms with E-state index in [1.807, 2.05) is 38.1 Å². The summed E-state index contributed by atoms with van der Waals surface area (Å²) < 4.78 is 0. The highest BCUT2D eigenvalue weighted by molar-refractivity contribution is 5.96. The van der Waals surface area contributed by atoms with Gasteiger partial charge in [0, 0.05) is 23.5 Å². The van der Waals surface area contributed by atoms with Crippen molar-refractivity contribution < 1.29 is 29.1 Å². The van der Waals surface area contributed by atoms with E-state index in [4.69, 9.17) is 11.5 Å². The molecule has 0 spiro atoms. The van der Waals surface area contributed by atoms with Crippen molar-refractivity contribution in [3.05, 3.63) is 71.9 Å². The van der Waals surface area contributed by atoms with Crippen LogP contribution >= 0.6 is 0 Å². The van der Waals surface area contributed by atoms with Gasteiger partial charge in [-0.05, 0) is 36.0 Å². The fourth-order valence-corrected chi connectivity index (χ4v) is 4.62. The number of aromatic nitrogens is 1. The molecule has 0 saturated heterocycles. The monoisotopic (exact) mass is 578 g/mol.